The van der Waals surface area contributed by atoms with E-state index in [1.807, 2.05) is 4.90 Å². The summed E-state index contributed by atoms with van der Waals surface area (Å²) in [7, 11) is 1.37. The Morgan fingerprint density at radius 2 is 1.96 bits per heavy atom. The fourth-order valence-corrected chi connectivity index (χ4v) is 2.72. The molecule has 0 bridgehead atoms. The van der Waals surface area contributed by atoms with E-state index in [0.717, 1.165) is 5.69 Å². The second-order valence-corrected chi connectivity index (χ2v) is 5.56. The van der Waals surface area contributed by atoms with Crippen LogP contribution in [0.4, 0.5) is 25.0 Å². The Morgan fingerprint density at radius 3 is 2.64 bits per heavy atom. The van der Waals surface area contributed by atoms with Crippen molar-refractivity contribution in [1.29, 1.82) is 0 Å². The van der Waals surface area contributed by atoms with Crippen LogP contribution < -0.4 is 15.0 Å². The van der Waals surface area contributed by atoms with Crippen LogP contribution in [-0.2, 0) is 0 Å². The molecule has 2 amide bonds. The average molecular weight is 348 g/mol. The molecule has 0 aliphatic carbocycles. The van der Waals surface area contributed by atoms with Crippen molar-refractivity contribution in [1.82, 2.24) is 9.88 Å². The molecule has 0 unspecified atom stereocenters. The number of halogens is 2. The Kier molecular flexibility index (Phi) is 4.97. The molecule has 8 heteroatoms. The first kappa shape index (κ1) is 16.9. The maximum absolute atomic E-state index is 14.1. The molecule has 25 heavy (non-hydrogen) atoms. The van der Waals surface area contributed by atoms with Crippen molar-refractivity contribution in [3.05, 3.63) is 48.3 Å². The Balaban J connectivity index is 1.60. The van der Waals surface area contributed by atoms with Gasteiger partial charge in [0.15, 0.2) is 11.6 Å². The highest BCUT2D eigenvalue weighted by Gasteiger charge is 2.22. The van der Waals surface area contributed by atoms with Crippen LogP contribution in [0.25, 0.3) is 0 Å². The lowest BCUT2D eigenvalue weighted by molar-refractivity contribution is 0.208. The van der Waals surface area contributed by atoms with E-state index in [9.17, 15) is 13.6 Å². The monoisotopic (exact) mass is 348 g/mol. The molecule has 1 saturated heterocycles. The highest BCUT2D eigenvalue weighted by atomic mass is 19.1. The Labute approximate surface area is 144 Å². The van der Waals surface area contributed by atoms with Crippen molar-refractivity contribution >= 4 is 17.4 Å². The zero-order valence-corrected chi connectivity index (χ0v) is 13.7. The van der Waals surface area contributed by atoms with Gasteiger partial charge in [-0.3, -0.25) is 0 Å². The number of carbonyl (C=O) groups is 1. The molecule has 1 fully saturated rings. The fourth-order valence-electron chi connectivity index (χ4n) is 2.72. The number of ether oxygens (including phenoxy) is 1. The highest BCUT2D eigenvalue weighted by Crippen LogP contribution is 2.24. The largest absolute Gasteiger partial charge is 0.494 e. The van der Waals surface area contributed by atoms with Gasteiger partial charge in [0.05, 0.1) is 12.8 Å². The number of pyridine rings is 1. The molecule has 0 spiro atoms. The number of nitrogens with one attached hydrogen (secondary N) is 1. The first-order valence-electron chi connectivity index (χ1n) is 7.83. The van der Waals surface area contributed by atoms with Crippen LogP contribution in [0.2, 0.25) is 0 Å². The van der Waals surface area contributed by atoms with Crippen molar-refractivity contribution in [2.24, 2.45) is 0 Å². The van der Waals surface area contributed by atoms with E-state index in [-0.39, 0.29) is 17.5 Å². The zero-order chi connectivity index (χ0) is 17.8. The summed E-state index contributed by atoms with van der Waals surface area (Å²) in [5, 5.41) is 2.56. The predicted octanol–water partition coefficient (Wildman–Crippen LogP) is 2.72. The minimum absolute atomic E-state index is 0.0716. The summed E-state index contributed by atoms with van der Waals surface area (Å²) in [6.07, 6.45) is 1.41. The number of carbonyl (C=O) groups excluding carboxylic acids is 1. The number of urea groups is 1. The van der Waals surface area contributed by atoms with Gasteiger partial charge in [-0.05, 0) is 18.2 Å². The van der Waals surface area contributed by atoms with Gasteiger partial charge in [0.1, 0.15) is 0 Å². The number of benzene rings is 1. The molecule has 3 rings (SSSR count). The van der Waals surface area contributed by atoms with Gasteiger partial charge in [-0.25, -0.2) is 14.2 Å². The smallest absolute Gasteiger partial charge is 0.322 e. The van der Waals surface area contributed by atoms with Crippen LogP contribution in [-0.4, -0.2) is 49.2 Å². The maximum Gasteiger partial charge on any atom is 0.322 e. The second kappa shape index (κ2) is 7.33. The molecule has 2 heterocycles. The number of hydrogen-bond acceptors (Lipinski definition) is 4. The van der Waals surface area contributed by atoms with Crippen molar-refractivity contribution in [2.75, 3.05) is 43.5 Å². The number of aromatic nitrogens is 1. The van der Waals surface area contributed by atoms with Gasteiger partial charge in [0.2, 0.25) is 5.95 Å². The normalized spacial score (nSPS) is 14.4. The van der Waals surface area contributed by atoms with Crippen LogP contribution in [0.3, 0.4) is 0 Å². The van der Waals surface area contributed by atoms with Crippen molar-refractivity contribution in [2.45, 2.75) is 0 Å². The number of methoxy groups -OCH3 is 1. The van der Waals surface area contributed by atoms with Crippen molar-refractivity contribution < 1.29 is 18.3 Å². The van der Waals surface area contributed by atoms with E-state index in [2.05, 4.69) is 10.3 Å². The molecule has 1 aromatic carbocycles. The second-order valence-electron chi connectivity index (χ2n) is 5.56. The minimum atomic E-state index is -0.607. The van der Waals surface area contributed by atoms with Gasteiger partial charge < -0.3 is 19.9 Å². The third kappa shape index (κ3) is 3.78. The topological polar surface area (TPSA) is 57.7 Å². The summed E-state index contributed by atoms with van der Waals surface area (Å²) < 4.78 is 32.2. The van der Waals surface area contributed by atoms with Gasteiger partial charge >= 0.3 is 6.03 Å². The molecule has 0 atom stereocenters. The SMILES string of the molecule is COc1cccc(NC(=O)N2CCN(c3ccnc(F)c3)CC2)c1F. The van der Waals surface area contributed by atoms with Crippen LogP contribution in [0, 0.1) is 11.8 Å². The van der Waals surface area contributed by atoms with Gasteiger partial charge in [0, 0.05) is 44.1 Å². The molecule has 132 valence electrons. The van der Waals surface area contributed by atoms with Crippen molar-refractivity contribution in [3.63, 3.8) is 0 Å². The molecule has 1 aromatic heterocycles. The fraction of sp³-hybridized carbons (Fsp3) is 0.294. The Morgan fingerprint density at radius 1 is 1.20 bits per heavy atom. The molecule has 0 radical (unpaired) electrons. The molecule has 2 aromatic rings. The van der Waals surface area contributed by atoms with E-state index in [0.29, 0.717) is 26.2 Å². The molecule has 6 nitrogen and oxygen atoms in total. The number of hydrogen-bond donors (Lipinski definition) is 1. The lowest BCUT2D eigenvalue weighted by Crippen LogP contribution is -2.50. The van der Waals surface area contributed by atoms with E-state index >= 15 is 0 Å². The number of anilines is 2. The summed E-state index contributed by atoms with van der Waals surface area (Å²) in [6.45, 7) is 2.00. The first-order valence-corrected chi connectivity index (χ1v) is 7.83. The lowest BCUT2D eigenvalue weighted by Gasteiger charge is -2.36. The zero-order valence-electron chi connectivity index (χ0n) is 13.7. The number of piperazine rings is 1. The number of amides is 2. The summed E-state index contributed by atoms with van der Waals surface area (Å²) in [4.78, 5) is 19.4. The van der Waals surface area contributed by atoms with Gasteiger partial charge in [-0.1, -0.05) is 6.07 Å². The summed E-state index contributed by atoms with van der Waals surface area (Å²) in [6, 6.07) is 7.27. The van der Waals surface area contributed by atoms with E-state index < -0.39 is 11.8 Å². The maximum atomic E-state index is 14.1. The van der Waals surface area contributed by atoms with E-state index in [1.54, 1.807) is 17.0 Å². The van der Waals surface area contributed by atoms with E-state index in [4.69, 9.17) is 4.74 Å². The summed E-state index contributed by atoms with van der Waals surface area (Å²) in [5.41, 5.74) is 0.800. The quantitative estimate of drug-likeness (QED) is 0.867. The van der Waals surface area contributed by atoms with Crippen molar-refractivity contribution in [3.8, 4) is 5.75 Å². The molecule has 1 aliphatic rings. The van der Waals surface area contributed by atoms with Crippen LogP contribution in [0.1, 0.15) is 0 Å². The van der Waals surface area contributed by atoms with Gasteiger partial charge in [0.25, 0.3) is 0 Å². The van der Waals surface area contributed by atoms with E-state index in [1.165, 1.54) is 31.5 Å². The molecule has 1 aliphatic heterocycles. The predicted molar refractivity (Wildman–Crippen MR) is 90.0 cm³/mol. The Hall–Kier alpha value is -2.90. The van der Waals surface area contributed by atoms with Gasteiger partial charge in [-0.15, -0.1) is 0 Å². The third-order valence-corrected chi connectivity index (χ3v) is 4.07. The van der Waals surface area contributed by atoms with Crippen LogP contribution in [0.15, 0.2) is 36.5 Å². The molecular weight excluding hydrogens is 330 g/mol. The third-order valence-electron chi connectivity index (χ3n) is 4.07. The summed E-state index contributed by atoms with van der Waals surface area (Å²) in [5.74, 6) is -1.07. The molecular formula is C17H18F2N4O2. The highest BCUT2D eigenvalue weighted by molar-refractivity contribution is 5.90. The molecule has 0 saturated carbocycles. The van der Waals surface area contributed by atoms with Gasteiger partial charge in [-0.2, -0.15) is 4.39 Å². The standard InChI is InChI=1S/C17H18F2N4O2/c1-25-14-4-2-3-13(16(14)19)21-17(24)23-9-7-22(8-10-23)12-5-6-20-15(18)11-12/h2-6,11H,7-10H2,1H3,(H,21,24). The number of nitrogens with zero attached hydrogens (tertiary/aromatic N) is 3. The average Bonchev–Trinajstić information content (AvgIpc) is 2.63. The molecule has 1 N–H and O–H groups in total. The number of rotatable bonds is 3. The first-order chi connectivity index (χ1) is 12.1. The summed E-state index contributed by atoms with van der Waals surface area (Å²) >= 11 is 0. The lowest BCUT2D eigenvalue weighted by atomic mass is 10.2. The van der Waals surface area contributed by atoms with Crippen LogP contribution >= 0.6 is 0 Å². The minimum Gasteiger partial charge on any atom is -0.494 e. The van der Waals surface area contributed by atoms with Crippen LogP contribution in [0.5, 0.6) is 5.75 Å². The Bertz CT molecular complexity index is 764.